The molecule has 2 nitrogen and oxygen atoms in total. The van der Waals surface area contributed by atoms with E-state index in [4.69, 9.17) is 0 Å². The van der Waals surface area contributed by atoms with E-state index < -0.39 is 0 Å². The molecule has 0 bridgehead atoms. The Labute approximate surface area is 125 Å². The van der Waals surface area contributed by atoms with E-state index in [2.05, 4.69) is 6.58 Å². The zero-order chi connectivity index (χ0) is 15.6. The van der Waals surface area contributed by atoms with Crippen LogP contribution in [0.1, 0.15) is 42.3 Å². The Morgan fingerprint density at radius 1 is 1.05 bits per heavy atom. The van der Waals surface area contributed by atoms with E-state index in [0.29, 0.717) is 11.8 Å². The largest absolute Gasteiger partial charge is 0.507 e. The molecular weight excluding hydrogens is 260 g/mol. The minimum absolute atomic E-state index is 0.0731. The maximum Gasteiger partial charge on any atom is 0.153 e. The second-order valence-electron chi connectivity index (χ2n) is 6.16. The summed E-state index contributed by atoms with van der Waals surface area (Å²) in [6.45, 7) is 9.78. The summed E-state index contributed by atoms with van der Waals surface area (Å²) in [5, 5.41) is 10.2. The van der Waals surface area contributed by atoms with Crippen molar-refractivity contribution in [1.82, 2.24) is 0 Å². The van der Waals surface area contributed by atoms with Crippen LogP contribution in [0.25, 0.3) is 17.2 Å². The number of phenolic OH excluding ortho intramolecular Hbond substituents is 1. The van der Waals surface area contributed by atoms with Crippen LogP contribution < -0.4 is 0 Å². The van der Waals surface area contributed by atoms with Gasteiger partial charge in [0.1, 0.15) is 5.75 Å². The predicted molar refractivity (Wildman–Crippen MR) is 87.7 cm³/mol. The third kappa shape index (κ3) is 3.05. The Bertz CT molecular complexity index is 674. The third-order valence-electron chi connectivity index (χ3n) is 3.55. The van der Waals surface area contributed by atoms with Crippen LogP contribution in [0, 0.1) is 0 Å². The molecule has 0 atom stereocenters. The van der Waals surface area contributed by atoms with Crippen molar-refractivity contribution >= 4 is 12.4 Å². The molecular formula is C19H20O2. The second-order valence-corrected chi connectivity index (χ2v) is 6.16. The average Bonchev–Trinajstić information content (AvgIpc) is 2.46. The fourth-order valence-electron chi connectivity index (χ4n) is 2.30. The number of carbonyl (C=O) groups is 1. The van der Waals surface area contributed by atoms with Gasteiger partial charge in [0.05, 0.1) is 5.56 Å². The highest BCUT2D eigenvalue weighted by molar-refractivity contribution is 5.84. The second kappa shape index (κ2) is 5.57. The van der Waals surface area contributed by atoms with E-state index >= 15 is 0 Å². The maximum absolute atomic E-state index is 11.2. The molecule has 2 rings (SSSR count). The smallest absolute Gasteiger partial charge is 0.153 e. The van der Waals surface area contributed by atoms with Crippen LogP contribution in [-0.4, -0.2) is 11.4 Å². The summed E-state index contributed by atoms with van der Waals surface area (Å²) in [7, 11) is 0. The van der Waals surface area contributed by atoms with Crippen LogP contribution in [0.15, 0.2) is 43.0 Å². The van der Waals surface area contributed by atoms with Gasteiger partial charge >= 0.3 is 0 Å². The van der Waals surface area contributed by atoms with Crippen molar-refractivity contribution in [3.8, 4) is 16.9 Å². The molecule has 0 aliphatic carbocycles. The lowest BCUT2D eigenvalue weighted by atomic mass is 9.83. The number of rotatable bonds is 3. The van der Waals surface area contributed by atoms with Crippen molar-refractivity contribution in [2.45, 2.75) is 26.2 Å². The van der Waals surface area contributed by atoms with Crippen molar-refractivity contribution in [3.63, 3.8) is 0 Å². The highest BCUT2D eigenvalue weighted by atomic mass is 16.3. The molecule has 0 unspecified atom stereocenters. The normalized spacial score (nSPS) is 11.2. The van der Waals surface area contributed by atoms with Crippen LogP contribution in [-0.2, 0) is 5.41 Å². The standard InChI is InChI=1S/C19H20O2/c1-5-13-6-8-14(9-7-13)15-10-16(12-20)18(21)17(11-15)19(2,3)4/h5-12,21H,1H2,2-4H3. The lowest BCUT2D eigenvalue weighted by molar-refractivity contribution is 0.112. The highest BCUT2D eigenvalue weighted by Crippen LogP contribution is 2.36. The summed E-state index contributed by atoms with van der Waals surface area (Å²) in [4.78, 5) is 11.2. The number of aromatic hydroxyl groups is 1. The van der Waals surface area contributed by atoms with Crippen LogP contribution >= 0.6 is 0 Å². The lowest BCUT2D eigenvalue weighted by Crippen LogP contribution is -2.12. The van der Waals surface area contributed by atoms with Crippen molar-refractivity contribution < 1.29 is 9.90 Å². The molecule has 1 N–H and O–H groups in total. The van der Waals surface area contributed by atoms with E-state index in [1.165, 1.54) is 0 Å². The molecule has 2 heteroatoms. The summed E-state index contributed by atoms with van der Waals surface area (Å²) in [5.41, 5.74) is 3.84. The quantitative estimate of drug-likeness (QED) is 0.819. The SMILES string of the molecule is C=Cc1ccc(-c2cc(C=O)c(O)c(C(C)(C)C)c2)cc1. The molecule has 0 radical (unpaired) electrons. The number of aldehydes is 1. The van der Waals surface area contributed by atoms with Gasteiger partial charge in [-0.15, -0.1) is 0 Å². The molecule has 0 amide bonds. The fraction of sp³-hybridized carbons (Fsp3) is 0.211. The van der Waals surface area contributed by atoms with Crippen molar-refractivity contribution in [1.29, 1.82) is 0 Å². The molecule has 21 heavy (non-hydrogen) atoms. The van der Waals surface area contributed by atoms with E-state index in [9.17, 15) is 9.90 Å². The molecule has 0 spiro atoms. The van der Waals surface area contributed by atoms with Gasteiger partial charge in [-0.25, -0.2) is 0 Å². The Balaban J connectivity index is 2.63. The highest BCUT2D eigenvalue weighted by Gasteiger charge is 2.21. The Morgan fingerprint density at radius 3 is 2.14 bits per heavy atom. The molecule has 2 aromatic rings. The minimum atomic E-state index is -0.237. The minimum Gasteiger partial charge on any atom is -0.507 e. The molecule has 0 fully saturated rings. The van der Waals surface area contributed by atoms with Crippen molar-refractivity contribution in [3.05, 3.63) is 59.7 Å². The molecule has 0 aromatic heterocycles. The van der Waals surface area contributed by atoms with Gasteiger partial charge in [-0.05, 0) is 34.2 Å². The van der Waals surface area contributed by atoms with Gasteiger partial charge in [0, 0.05) is 5.56 Å². The van der Waals surface area contributed by atoms with E-state index in [0.717, 1.165) is 22.3 Å². The molecule has 0 aliphatic heterocycles. The maximum atomic E-state index is 11.2. The zero-order valence-electron chi connectivity index (χ0n) is 12.7. The summed E-state index contributed by atoms with van der Waals surface area (Å²) in [6, 6.07) is 11.6. The molecule has 0 saturated carbocycles. The first kappa shape index (κ1) is 15.0. The van der Waals surface area contributed by atoms with Crippen LogP contribution in [0.5, 0.6) is 5.75 Å². The fourth-order valence-corrected chi connectivity index (χ4v) is 2.30. The van der Waals surface area contributed by atoms with Gasteiger partial charge < -0.3 is 5.11 Å². The molecule has 2 aromatic carbocycles. The van der Waals surface area contributed by atoms with Crippen molar-refractivity contribution in [2.24, 2.45) is 0 Å². The van der Waals surface area contributed by atoms with Gasteiger partial charge in [0.2, 0.25) is 0 Å². The monoisotopic (exact) mass is 280 g/mol. The third-order valence-corrected chi connectivity index (χ3v) is 3.55. The molecule has 108 valence electrons. The zero-order valence-corrected chi connectivity index (χ0v) is 12.7. The number of carbonyl (C=O) groups excluding carboxylic acids is 1. The van der Waals surface area contributed by atoms with Crippen LogP contribution in [0.2, 0.25) is 0 Å². The number of benzene rings is 2. The van der Waals surface area contributed by atoms with Gasteiger partial charge in [-0.2, -0.15) is 0 Å². The van der Waals surface area contributed by atoms with Crippen LogP contribution in [0.3, 0.4) is 0 Å². The summed E-state index contributed by atoms with van der Waals surface area (Å²) < 4.78 is 0. The summed E-state index contributed by atoms with van der Waals surface area (Å²) in [5.74, 6) is 0.0731. The first-order valence-electron chi connectivity index (χ1n) is 6.92. The van der Waals surface area contributed by atoms with Gasteiger partial charge in [0.15, 0.2) is 6.29 Å². The van der Waals surface area contributed by atoms with E-state index in [1.54, 1.807) is 12.1 Å². The number of phenols is 1. The molecule has 0 saturated heterocycles. The Kier molecular flexibility index (Phi) is 3.99. The summed E-state index contributed by atoms with van der Waals surface area (Å²) >= 11 is 0. The van der Waals surface area contributed by atoms with Gasteiger partial charge in [-0.1, -0.05) is 57.7 Å². The molecule has 0 heterocycles. The van der Waals surface area contributed by atoms with Crippen molar-refractivity contribution in [2.75, 3.05) is 0 Å². The van der Waals surface area contributed by atoms with Gasteiger partial charge in [-0.3, -0.25) is 4.79 Å². The van der Waals surface area contributed by atoms with E-state index in [-0.39, 0.29) is 11.2 Å². The molecule has 0 aliphatic rings. The van der Waals surface area contributed by atoms with E-state index in [1.807, 2.05) is 51.1 Å². The first-order valence-corrected chi connectivity index (χ1v) is 6.92. The predicted octanol–water partition coefficient (Wildman–Crippen LogP) is 4.81. The first-order chi connectivity index (χ1) is 9.86. The number of hydrogen-bond donors (Lipinski definition) is 1. The topological polar surface area (TPSA) is 37.3 Å². The number of hydrogen-bond acceptors (Lipinski definition) is 2. The summed E-state index contributed by atoms with van der Waals surface area (Å²) in [6.07, 6.45) is 2.49. The average molecular weight is 280 g/mol. The van der Waals surface area contributed by atoms with Gasteiger partial charge in [0.25, 0.3) is 0 Å². The van der Waals surface area contributed by atoms with Crippen LogP contribution in [0.4, 0.5) is 0 Å². The lowest BCUT2D eigenvalue weighted by Gasteiger charge is -2.22. The Hall–Kier alpha value is -2.35. The Morgan fingerprint density at radius 2 is 1.67 bits per heavy atom.